The number of amides is 1. The van der Waals surface area contributed by atoms with Crippen molar-refractivity contribution >= 4 is 11.6 Å². The number of carbonyl (C=O) groups is 1. The highest BCUT2D eigenvalue weighted by atomic mass is 16.2. The molecule has 2 aromatic rings. The first kappa shape index (κ1) is 18.8. The van der Waals surface area contributed by atoms with E-state index in [1.165, 1.54) is 21.6 Å². The number of nitrogens with zero attached hydrogens (tertiary/aromatic N) is 1. The molecular formula is C23H30N4O+2. The van der Waals surface area contributed by atoms with Gasteiger partial charge in [-0.2, -0.15) is 5.10 Å². The molecule has 5 nitrogen and oxygen atoms in total. The molecule has 0 radical (unpaired) electrons. The number of hydrazone groups is 1. The second-order valence-corrected chi connectivity index (χ2v) is 8.15. The van der Waals surface area contributed by atoms with Gasteiger partial charge in [-0.25, -0.2) is 5.43 Å². The molecule has 2 heterocycles. The van der Waals surface area contributed by atoms with Gasteiger partial charge in [0.2, 0.25) is 0 Å². The lowest BCUT2D eigenvalue weighted by Gasteiger charge is -2.26. The fourth-order valence-corrected chi connectivity index (χ4v) is 4.13. The molecule has 0 spiro atoms. The molecule has 1 unspecified atom stereocenters. The Labute approximate surface area is 167 Å². The molecule has 2 aliphatic rings. The second kappa shape index (κ2) is 8.67. The Morgan fingerprint density at radius 2 is 1.68 bits per heavy atom. The van der Waals surface area contributed by atoms with Gasteiger partial charge in [0.25, 0.3) is 5.91 Å². The summed E-state index contributed by atoms with van der Waals surface area (Å²) in [5, 5.41) is 4.33. The molecule has 0 aliphatic carbocycles. The number of fused-ring (bicyclic) bond motifs is 1. The third kappa shape index (κ3) is 4.66. The van der Waals surface area contributed by atoms with Gasteiger partial charge in [-0.05, 0) is 17.7 Å². The Bertz CT molecular complexity index is 849. The number of nitrogens with one attached hydrogen (secondary N) is 3. The minimum absolute atomic E-state index is 0.121. The van der Waals surface area contributed by atoms with Crippen LogP contribution in [0.25, 0.3) is 0 Å². The van der Waals surface area contributed by atoms with Crippen molar-refractivity contribution in [2.24, 2.45) is 5.10 Å². The van der Waals surface area contributed by atoms with Gasteiger partial charge in [0.15, 0.2) is 0 Å². The Kier molecular flexibility index (Phi) is 5.84. The number of quaternary nitrogens is 2. The summed E-state index contributed by atoms with van der Waals surface area (Å²) in [7, 11) is 2.20. The van der Waals surface area contributed by atoms with Crippen LogP contribution in [0.2, 0.25) is 0 Å². The van der Waals surface area contributed by atoms with Crippen LogP contribution >= 0.6 is 0 Å². The standard InChI is InChI=1S/C23H28N4O/c1-26-13-11-22(12-14-26)24-25-23(28)20-8-6-18(7-9-20)16-27-15-10-19-4-2-3-5-21(19)17-27/h2-9H,10-17H2,1H3,(H,25,28)/p+2. The molecule has 0 saturated carbocycles. The summed E-state index contributed by atoms with van der Waals surface area (Å²) < 4.78 is 0. The molecule has 2 aromatic carbocycles. The lowest BCUT2D eigenvalue weighted by Crippen LogP contribution is -3.10. The summed E-state index contributed by atoms with van der Waals surface area (Å²) in [6, 6.07) is 16.7. The molecule has 1 saturated heterocycles. The number of piperidine rings is 1. The Hall–Kier alpha value is -2.50. The van der Waals surface area contributed by atoms with E-state index in [9.17, 15) is 4.79 Å². The number of likely N-dealkylation sites (tertiary alicyclic amines) is 1. The third-order valence-corrected chi connectivity index (χ3v) is 5.97. The Balaban J connectivity index is 1.31. The highest BCUT2D eigenvalue weighted by Crippen LogP contribution is 2.11. The molecule has 1 amide bonds. The van der Waals surface area contributed by atoms with Crippen LogP contribution in [0.15, 0.2) is 53.6 Å². The molecule has 1 fully saturated rings. The zero-order valence-electron chi connectivity index (χ0n) is 16.6. The minimum Gasteiger partial charge on any atom is -0.337 e. The summed E-state index contributed by atoms with van der Waals surface area (Å²) in [6.07, 6.45) is 3.07. The van der Waals surface area contributed by atoms with Crippen LogP contribution in [0.1, 0.15) is 39.9 Å². The predicted octanol–water partition coefficient (Wildman–Crippen LogP) is 0.222. The second-order valence-electron chi connectivity index (χ2n) is 8.15. The van der Waals surface area contributed by atoms with Crippen LogP contribution in [-0.4, -0.2) is 38.3 Å². The largest absolute Gasteiger partial charge is 0.337 e. The van der Waals surface area contributed by atoms with Gasteiger partial charge in [-0.3, -0.25) is 4.79 Å². The zero-order chi connectivity index (χ0) is 19.3. The summed E-state index contributed by atoms with van der Waals surface area (Å²) in [6.45, 7) is 5.41. The van der Waals surface area contributed by atoms with E-state index in [1.54, 1.807) is 4.90 Å². The van der Waals surface area contributed by atoms with Crippen LogP contribution in [0.4, 0.5) is 0 Å². The lowest BCUT2D eigenvalue weighted by atomic mass is 9.99. The summed E-state index contributed by atoms with van der Waals surface area (Å²) in [5.74, 6) is -0.121. The monoisotopic (exact) mass is 378 g/mol. The quantitative estimate of drug-likeness (QED) is 0.655. The van der Waals surface area contributed by atoms with Crippen molar-refractivity contribution in [2.45, 2.75) is 32.4 Å². The maximum atomic E-state index is 12.4. The van der Waals surface area contributed by atoms with E-state index in [1.807, 2.05) is 12.1 Å². The smallest absolute Gasteiger partial charge is 0.271 e. The molecule has 4 rings (SSSR count). The van der Waals surface area contributed by atoms with Gasteiger partial charge in [0.1, 0.15) is 13.1 Å². The van der Waals surface area contributed by atoms with E-state index in [0.717, 1.165) is 57.7 Å². The topological polar surface area (TPSA) is 50.3 Å². The first-order valence-corrected chi connectivity index (χ1v) is 10.3. The summed E-state index contributed by atoms with van der Waals surface area (Å²) in [5.41, 5.74) is 8.74. The highest BCUT2D eigenvalue weighted by Gasteiger charge is 2.19. The molecule has 3 N–H and O–H groups in total. The van der Waals surface area contributed by atoms with Gasteiger partial charge >= 0.3 is 0 Å². The number of rotatable bonds is 4. The van der Waals surface area contributed by atoms with Gasteiger partial charge in [-0.15, -0.1) is 0 Å². The molecule has 28 heavy (non-hydrogen) atoms. The summed E-state index contributed by atoms with van der Waals surface area (Å²) in [4.78, 5) is 15.5. The van der Waals surface area contributed by atoms with Crippen molar-refractivity contribution < 1.29 is 14.6 Å². The Morgan fingerprint density at radius 1 is 0.964 bits per heavy atom. The lowest BCUT2D eigenvalue weighted by molar-refractivity contribution is -0.929. The van der Waals surface area contributed by atoms with Crippen molar-refractivity contribution in [3.63, 3.8) is 0 Å². The van der Waals surface area contributed by atoms with Crippen LogP contribution in [0.3, 0.4) is 0 Å². The van der Waals surface area contributed by atoms with E-state index in [2.05, 4.69) is 54.0 Å². The molecule has 0 bridgehead atoms. The Morgan fingerprint density at radius 3 is 2.43 bits per heavy atom. The maximum Gasteiger partial charge on any atom is 0.271 e. The van der Waals surface area contributed by atoms with Crippen LogP contribution < -0.4 is 15.2 Å². The first-order valence-electron chi connectivity index (χ1n) is 10.3. The van der Waals surface area contributed by atoms with E-state index < -0.39 is 0 Å². The third-order valence-electron chi connectivity index (χ3n) is 5.97. The molecule has 2 aliphatic heterocycles. The SMILES string of the molecule is C[NH+]1CCC(=NNC(=O)c2ccc(C[NH+]3CCc4ccccc4C3)cc2)CC1. The van der Waals surface area contributed by atoms with Crippen molar-refractivity contribution in [2.75, 3.05) is 26.7 Å². The van der Waals surface area contributed by atoms with Gasteiger partial charge in [-0.1, -0.05) is 36.4 Å². The van der Waals surface area contributed by atoms with Crippen molar-refractivity contribution in [1.82, 2.24) is 5.43 Å². The number of carbonyl (C=O) groups excluding carboxylic acids is 1. The average molecular weight is 379 g/mol. The van der Waals surface area contributed by atoms with Crippen LogP contribution in [-0.2, 0) is 19.5 Å². The van der Waals surface area contributed by atoms with Crippen molar-refractivity contribution in [3.8, 4) is 0 Å². The van der Waals surface area contributed by atoms with E-state index in [4.69, 9.17) is 0 Å². The normalized spacial score (nSPS) is 21.7. The molecule has 0 aromatic heterocycles. The first-order chi connectivity index (χ1) is 13.7. The molecule has 146 valence electrons. The van der Waals surface area contributed by atoms with Crippen molar-refractivity contribution in [3.05, 3.63) is 70.8 Å². The molecular weight excluding hydrogens is 348 g/mol. The molecule has 5 heteroatoms. The highest BCUT2D eigenvalue weighted by molar-refractivity contribution is 5.95. The number of hydrogen-bond acceptors (Lipinski definition) is 2. The number of hydrogen-bond donors (Lipinski definition) is 3. The molecule has 1 atom stereocenters. The summed E-state index contributed by atoms with van der Waals surface area (Å²) >= 11 is 0. The van der Waals surface area contributed by atoms with E-state index >= 15 is 0 Å². The van der Waals surface area contributed by atoms with Crippen LogP contribution in [0, 0.1) is 0 Å². The fraction of sp³-hybridized carbons (Fsp3) is 0.391. The average Bonchev–Trinajstić information content (AvgIpc) is 2.73. The van der Waals surface area contributed by atoms with Gasteiger partial charge in [0, 0.05) is 41.7 Å². The van der Waals surface area contributed by atoms with Gasteiger partial charge in [0.05, 0.1) is 26.7 Å². The maximum absolute atomic E-state index is 12.4. The van der Waals surface area contributed by atoms with Gasteiger partial charge < -0.3 is 9.80 Å². The van der Waals surface area contributed by atoms with Crippen molar-refractivity contribution in [1.29, 1.82) is 0 Å². The minimum atomic E-state index is -0.121. The number of benzene rings is 2. The fourth-order valence-electron chi connectivity index (χ4n) is 4.13. The van der Waals surface area contributed by atoms with E-state index in [0.29, 0.717) is 5.56 Å². The zero-order valence-corrected chi connectivity index (χ0v) is 16.6. The van der Waals surface area contributed by atoms with Crippen LogP contribution in [0.5, 0.6) is 0 Å². The van der Waals surface area contributed by atoms with E-state index in [-0.39, 0.29) is 5.91 Å². The predicted molar refractivity (Wildman–Crippen MR) is 111 cm³/mol.